The molecule has 1 aromatic heterocycles. The zero-order valence-electron chi connectivity index (χ0n) is 23.2. The van der Waals surface area contributed by atoms with Gasteiger partial charge in [-0.05, 0) is 52.8 Å². The Labute approximate surface area is 232 Å². The van der Waals surface area contributed by atoms with Crippen molar-refractivity contribution in [3.8, 4) is 11.4 Å². The van der Waals surface area contributed by atoms with Crippen molar-refractivity contribution in [1.29, 1.82) is 0 Å². The van der Waals surface area contributed by atoms with E-state index < -0.39 is 5.92 Å². The van der Waals surface area contributed by atoms with E-state index in [9.17, 15) is 14.0 Å². The van der Waals surface area contributed by atoms with Gasteiger partial charge in [0.05, 0.1) is 11.9 Å². The average Bonchev–Trinajstić information content (AvgIpc) is 3.34. The molecule has 0 spiro atoms. The molecule has 0 radical (unpaired) electrons. The minimum Gasteiger partial charge on any atom is -0.487 e. The fourth-order valence-corrected chi connectivity index (χ4v) is 6.01. The van der Waals surface area contributed by atoms with Gasteiger partial charge >= 0.3 is 0 Å². The van der Waals surface area contributed by atoms with E-state index in [1.165, 1.54) is 12.1 Å². The topological polar surface area (TPSA) is 83.3 Å². The van der Waals surface area contributed by atoms with E-state index in [-0.39, 0.29) is 34.8 Å². The number of hydrogen-bond donors (Lipinski definition) is 0. The number of carbonyl (C=O) groups is 2. The summed E-state index contributed by atoms with van der Waals surface area (Å²) in [4.78, 5) is 26.9. The molecule has 7 nitrogen and oxygen atoms in total. The highest BCUT2D eigenvalue weighted by molar-refractivity contribution is 6.06. The van der Waals surface area contributed by atoms with Crippen LogP contribution < -0.4 is 4.74 Å². The summed E-state index contributed by atoms with van der Waals surface area (Å²) in [6.07, 6.45) is 3.91. The van der Waals surface area contributed by atoms with Crippen LogP contribution in [-0.4, -0.2) is 26.6 Å². The van der Waals surface area contributed by atoms with Crippen LogP contribution in [0.5, 0.6) is 5.75 Å². The second kappa shape index (κ2) is 9.54. The van der Waals surface area contributed by atoms with E-state index in [1.807, 2.05) is 24.3 Å². The van der Waals surface area contributed by atoms with Crippen LogP contribution in [0.25, 0.3) is 5.69 Å². The van der Waals surface area contributed by atoms with Crippen LogP contribution in [-0.2, 0) is 20.9 Å². The number of benzene rings is 2. The maximum absolute atomic E-state index is 13.5. The van der Waals surface area contributed by atoms with Crippen molar-refractivity contribution < 1.29 is 23.5 Å². The van der Waals surface area contributed by atoms with Crippen molar-refractivity contribution >= 4 is 11.6 Å². The lowest BCUT2D eigenvalue weighted by molar-refractivity contribution is -0.120. The van der Waals surface area contributed by atoms with E-state index in [0.29, 0.717) is 65.5 Å². The molecule has 2 aromatic carbocycles. The van der Waals surface area contributed by atoms with Crippen LogP contribution in [0, 0.1) is 16.6 Å². The molecule has 0 unspecified atom stereocenters. The first-order valence-electron chi connectivity index (χ1n) is 13.6. The van der Waals surface area contributed by atoms with Gasteiger partial charge in [-0.1, -0.05) is 45.0 Å². The number of nitrogens with zero attached hydrogens (tertiary/aromatic N) is 3. The SMILES string of the molecule is CC1(C)CC(=O)C2=C(C1)OC1=C(C(=O)CC(C)(C)C1)C2c1ccc(OCc2cn(-c3ccc(F)cc3)nn2)cc1. The van der Waals surface area contributed by atoms with E-state index >= 15 is 0 Å². The van der Waals surface area contributed by atoms with E-state index in [2.05, 4.69) is 38.0 Å². The highest BCUT2D eigenvalue weighted by atomic mass is 19.1. The number of carbonyl (C=O) groups excluding carboxylic acids is 2. The first kappa shape index (κ1) is 26.2. The lowest BCUT2D eigenvalue weighted by atomic mass is 9.65. The Balaban J connectivity index is 1.25. The van der Waals surface area contributed by atoms with Crippen molar-refractivity contribution in [1.82, 2.24) is 15.0 Å². The van der Waals surface area contributed by atoms with Crippen LogP contribution in [0.1, 0.15) is 70.6 Å². The molecule has 0 bridgehead atoms. The van der Waals surface area contributed by atoms with Gasteiger partial charge in [-0.2, -0.15) is 0 Å². The number of ether oxygens (including phenoxy) is 2. The molecular weight excluding hydrogens is 509 g/mol. The molecule has 3 aliphatic rings. The standard InChI is InChI=1S/C32H32FN3O4/c1-31(2)13-24(37)29-26(15-31)40-27-16-32(3,4)14-25(38)30(27)28(29)19-5-11-23(12-6-19)39-18-21-17-36(35-34-21)22-9-7-20(33)8-10-22/h5-12,17,28H,13-16,18H2,1-4H3. The number of halogens is 1. The van der Waals surface area contributed by atoms with Gasteiger partial charge in [0.2, 0.25) is 0 Å². The van der Waals surface area contributed by atoms with Gasteiger partial charge in [-0.3, -0.25) is 9.59 Å². The summed E-state index contributed by atoms with van der Waals surface area (Å²) in [5.74, 6) is 1.39. The number of aromatic nitrogens is 3. The van der Waals surface area contributed by atoms with Gasteiger partial charge in [0.15, 0.2) is 11.6 Å². The van der Waals surface area contributed by atoms with E-state index in [4.69, 9.17) is 9.47 Å². The Kier molecular flexibility index (Phi) is 6.24. The molecule has 0 saturated carbocycles. The molecule has 3 aromatic rings. The highest BCUT2D eigenvalue weighted by Crippen LogP contribution is 2.53. The normalized spacial score (nSPS) is 20.2. The second-order valence-corrected chi connectivity index (χ2v) is 12.6. The van der Waals surface area contributed by atoms with Crippen LogP contribution in [0.4, 0.5) is 4.39 Å². The summed E-state index contributed by atoms with van der Waals surface area (Å²) in [7, 11) is 0. The molecule has 6 rings (SSSR count). The Morgan fingerprint density at radius 1 is 0.875 bits per heavy atom. The van der Waals surface area contributed by atoms with Gasteiger partial charge in [0.1, 0.15) is 35.4 Å². The summed E-state index contributed by atoms with van der Waals surface area (Å²) in [6.45, 7) is 8.52. The van der Waals surface area contributed by atoms with Crippen LogP contribution >= 0.6 is 0 Å². The Morgan fingerprint density at radius 3 is 2.02 bits per heavy atom. The Bertz CT molecular complexity index is 1510. The first-order chi connectivity index (χ1) is 19.0. The van der Waals surface area contributed by atoms with Gasteiger partial charge < -0.3 is 9.47 Å². The molecule has 1 aliphatic heterocycles. The average molecular weight is 542 g/mol. The quantitative estimate of drug-likeness (QED) is 0.373. The predicted octanol–water partition coefficient (Wildman–Crippen LogP) is 6.39. The Morgan fingerprint density at radius 2 is 1.45 bits per heavy atom. The maximum atomic E-state index is 13.5. The predicted molar refractivity (Wildman–Crippen MR) is 146 cm³/mol. The van der Waals surface area contributed by atoms with Crippen LogP contribution in [0.2, 0.25) is 0 Å². The van der Waals surface area contributed by atoms with Gasteiger partial charge in [0.25, 0.3) is 0 Å². The molecule has 0 amide bonds. The third kappa shape index (κ3) is 4.98. The molecule has 2 heterocycles. The molecule has 206 valence electrons. The molecule has 0 fully saturated rings. The molecule has 0 saturated heterocycles. The van der Waals surface area contributed by atoms with Crippen molar-refractivity contribution in [3.05, 3.63) is 94.5 Å². The van der Waals surface area contributed by atoms with Crippen LogP contribution in [0.15, 0.2) is 77.4 Å². The lowest BCUT2D eigenvalue weighted by Gasteiger charge is -2.42. The molecular formula is C32H32FN3O4. The number of ketones is 2. The summed E-state index contributed by atoms with van der Waals surface area (Å²) in [5, 5.41) is 8.24. The third-order valence-electron chi connectivity index (χ3n) is 7.81. The largest absolute Gasteiger partial charge is 0.487 e. The molecule has 40 heavy (non-hydrogen) atoms. The number of Topliss-reactive ketones (excluding diaryl/α,β-unsaturated/α-hetero) is 2. The number of rotatable bonds is 5. The molecule has 0 N–H and O–H groups in total. The fraction of sp³-hybridized carbons (Fsp3) is 0.375. The van der Waals surface area contributed by atoms with E-state index in [1.54, 1.807) is 23.0 Å². The fourth-order valence-electron chi connectivity index (χ4n) is 6.01. The number of allylic oxidation sites excluding steroid dienone is 4. The minimum absolute atomic E-state index is 0.0463. The van der Waals surface area contributed by atoms with Crippen molar-refractivity contribution in [2.24, 2.45) is 10.8 Å². The minimum atomic E-state index is -0.435. The smallest absolute Gasteiger partial charge is 0.163 e. The number of hydrogen-bond acceptors (Lipinski definition) is 6. The van der Waals surface area contributed by atoms with Gasteiger partial charge in [-0.15, -0.1) is 5.10 Å². The summed E-state index contributed by atoms with van der Waals surface area (Å²) >= 11 is 0. The van der Waals surface area contributed by atoms with Crippen LogP contribution in [0.3, 0.4) is 0 Å². The highest BCUT2D eigenvalue weighted by Gasteiger charge is 2.47. The summed E-state index contributed by atoms with van der Waals surface area (Å²) in [6, 6.07) is 13.5. The van der Waals surface area contributed by atoms with Crippen molar-refractivity contribution in [2.45, 2.75) is 65.9 Å². The summed E-state index contributed by atoms with van der Waals surface area (Å²) in [5.41, 5.74) is 3.05. The second-order valence-electron chi connectivity index (χ2n) is 12.6. The molecule has 8 heteroatoms. The maximum Gasteiger partial charge on any atom is 0.163 e. The monoisotopic (exact) mass is 541 g/mol. The zero-order valence-corrected chi connectivity index (χ0v) is 23.2. The molecule has 0 atom stereocenters. The molecule has 2 aliphatic carbocycles. The zero-order chi connectivity index (χ0) is 28.2. The Hall–Kier alpha value is -4.07. The van der Waals surface area contributed by atoms with E-state index in [0.717, 1.165) is 5.56 Å². The van der Waals surface area contributed by atoms with Crippen molar-refractivity contribution in [2.75, 3.05) is 0 Å². The first-order valence-corrected chi connectivity index (χ1v) is 13.6. The van der Waals surface area contributed by atoms with Gasteiger partial charge in [0, 0.05) is 42.7 Å². The lowest BCUT2D eigenvalue weighted by Crippen LogP contribution is -2.37. The van der Waals surface area contributed by atoms with Gasteiger partial charge in [-0.25, -0.2) is 9.07 Å². The summed E-state index contributed by atoms with van der Waals surface area (Å²) < 4.78 is 27.1. The van der Waals surface area contributed by atoms with Crippen molar-refractivity contribution in [3.63, 3.8) is 0 Å². The third-order valence-corrected chi connectivity index (χ3v) is 7.81.